The highest BCUT2D eigenvalue weighted by molar-refractivity contribution is 6.35. The zero-order valence-corrected chi connectivity index (χ0v) is 20.2. The van der Waals surface area contributed by atoms with Crippen molar-refractivity contribution in [2.45, 2.75) is 19.6 Å². The molecule has 1 aromatic heterocycles. The van der Waals surface area contributed by atoms with Crippen molar-refractivity contribution in [1.82, 2.24) is 14.8 Å². The van der Waals surface area contributed by atoms with E-state index >= 15 is 0 Å². The molecule has 0 saturated carbocycles. The van der Waals surface area contributed by atoms with Crippen LogP contribution in [0.3, 0.4) is 0 Å². The van der Waals surface area contributed by atoms with Gasteiger partial charge in [-0.15, -0.1) is 0 Å². The Bertz CT molecular complexity index is 1420. The van der Waals surface area contributed by atoms with Crippen LogP contribution < -0.4 is 15.4 Å². The molecule has 2 heterocycles. The number of carbonyl (C=O) groups excluding carboxylic acids is 1. The van der Waals surface area contributed by atoms with Crippen molar-refractivity contribution >= 4 is 40.7 Å². The number of rotatable bonds is 6. The van der Waals surface area contributed by atoms with Gasteiger partial charge in [-0.1, -0.05) is 59.6 Å². The van der Waals surface area contributed by atoms with E-state index < -0.39 is 6.04 Å². The summed E-state index contributed by atoms with van der Waals surface area (Å²) < 4.78 is 7.72. The first-order chi connectivity index (χ1) is 17.0. The lowest BCUT2D eigenvalue weighted by Gasteiger charge is -2.29. The van der Waals surface area contributed by atoms with Crippen LogP contribution in [-0.2, 0) is 11.4 Å². The number of nitrogens with one attached hydrogen (secondary N) is 2. The number of carbonyl (C=O) groups is 1. The summed E-state index contributed by atoms with van der Waals surface area (Å²) in [7, 11) is 0. The van der Waals surface area contributed by atoms with Gasteiger partial charge in [0.25, 0.3) is 5.91 Å². The Hall–Kier alpha value is -3.81. The predicted molar refractivity (Wildman–Crippen MR) is 137 cm³/mol. The summed E-state index contributed by atoms with van der Waals surface area (Å²) >= 11 is 12.3. The van der Waals surface area contributed by atoms with Gasteiger partial charge in [-0.3, -0.25) is 4.79 Å². The highest BCUT2D eigenvalue weighted by Gasteiger charge is 2.33. The van der Waals surface area contributed by atoms with Crippen molar-refractivity contribution in [3.05, 3.63) is 112 Å². The molecule has 1 atom stereocenters. The zero-order chi connectivity index (χ0) is 24.4. The van der Waals surface area contributed by atoms with Crippen LogP contribution in [0.5, 0.6) is 5.75 Å². The summed E-state index contributed by atoms with van der Waals surface area (Å²) in [6, 6.07) is 21.7. The first kappa shape index (κ1) is 23.0. The number of halogens is 2. The Morgan fingerprint density at radius 1 is 1.09 bits per heavy atom. The predicted octanol–water partition coefficient (Wildman–Crippen LogP) is 6.09. The number of amides is 1. The van der Waals surface area contributed by atoms with Crippen molar-refractivity contribution in [2.24, 2.45) is 0 Å². The molecule has 0 fully saturated rings. The van der Waals surface area contributed by atoms with Crippen LogP contribution in [0.2, 0.25) is 10.0 Å². The average molecular weight is 506 g/mol. The Morgan fingerprint density at radius 3 is 2.71 bits per heavy atom. The molecule has 176 valence electrons. The molecule has 1 amide bonds. The zero-order valence-electron chi connectivity index (χ0n) is 18.7. The van der Waals surface area contributed by atoms with E-state index in [1.807, 2.05) is 67.6 Å². The van der Waals surface area contributed by atoms with Gasteiger partial charge in [0.15, 0.2) is 0 Å². The normalized spacial score (nSPS) is 14.8. The number of allylic oxidation sites excluding steroid dienone is 1. The van der Waals surface area contributed by atoms with E-state index in [0.717, 1.165) is 11.1 Å². The fourth-order valence-corrected chi connectivity index (χ4v) is 4.45. The summed E-state index contributed by atoms with van der Waals surface area (Å²) in [4.78, 5) is 17.7. The maximum absolute atomic E-state index is 13.4. The molecule has 35 heavy (non-hydrogen) atoms. The van der Waals surface area contributed by atoms with Crippen LogP contribution in [0.25, 0.3) is 0 Å². The molecule has 1 aliphatic heterocycles. The van der Waals surface area contributed by atoms with Crippen LogP contribution in [0.1, 0.15) is 24.1 Å². The van der Waals surface area contributed by atoms with Crippen LogP contribution in [0.15, 0.2) is 90.4 Å². The standard InChI is InChI=1S/C26H21Cl2N5O2/c1-16-23(25(34)32-20-7-3-2-4-8-20)24(33-26(31-16)29-15-30-33)17-6-5-9-21(12-17)35-14-18-10-11-19(27)13-22(18)28/h2-13,15,24H,14H2,1H3,(H,32,34)(H,29,30,31)/t24-/m1/s1. The summed E-state index contributed by atoms with van der Waals surface area (Å²) in [5.74, 6) is 0.962. The van der Waals surface area contributed by atoms with Gasteiger partial charge >= 0.3 is 0 Å². The minimum absolute atomic E-state index is 0.230. The van der Waals surface area contributed by atoms with Crippen molar-refractivity contribution < 1.29 is 9.53 Å². The lowest BCUT2D eigenvalue weighted by molar-refractivity contribution is -0.113. The minimum Gasteiger partial charge on any atom is -0.489 e. The highest BCUT2D eigenvalue weighted by atomic mass is 35.5. The van der Waals surface area contributed by atoms with E-state index in [4.69, 9.17) is 27.9 Å². The van der Waals surface area contributed by atoms with Gasteiger partial charge in [-0.05, 0) is 48.9 Å². The summed E-state index contributed by atoms with van der Waals surface area (Å²) in [6.07, 6.45) is 1.46. The first-order valence-electron chi connectivity index (χ1n) is 10.9. The third kappa shape index (κ3) is 4.87. The summed E-state index contributed by atoms with van der Waals surface area (Å²) in [6.45, 7) is 2.13. The molecule has 0 radical (unpaired) electrons. The number of anilines is 2. The van der Waals surface area contributed by atoms with E-state index in [1.54, 1.807) is 16.8 Å². The number of aromatic nitrogens is 3. The third-order valence-electron chi connectivity index (χ3n) is 5.65. The van der Waals surface area contributed by atoms with Crippen molar-refractivity contribution in [2.75, 3.05) is 10.6 Å². The lowest BCUT2D eigenvalue weighted by atomic mass is 9.95. The molecular formula is C26H21Cl2N5O2. The first-order valence-corrected chi connectivity index (χ1v) is 11.7. The number of hydrogen-bond acceptors (Lipinski definition) is 5. The van der Waals surface area contributed by atoms with Crippen LogP contribution in [-0.4, -0.2) is 20.7 Å². The van der Waals surface area contributed by atoms with Gasteiger partial charge in [-0.25, -0.2) is 4.68 Å². The van der Waals surface area contributed by atoms with E-state index in [2.05, 4.69) is 20.7 Å². The lowest BCUT2D eigenvalue weighted by Crippen LogP contribution is -2.31. The quantitative estimate of drug-likeness (QED) is 0.331. The number of para-hydroxylation sites is 1. The van der Waals surface area contributed by atoms with E-state index in [9.17, 15) is 4.79 Å². The Labute approximate surface area is 212 Å². The fourth-order valence-electron chi connectivity index (χ4n) is 3.99. The molecule has 4 aromatic rings. The second kappa shape index (κ2) is 9.82. The average Bonchev–Trinajstić information content (AvgIpc) is 3.31. The van der Waals surface area contributed by atoms with Gasteiger partial charge < -0.3 is 15.4 Å². The van der Waals surface area contributed by atoms with E-state index in [0.29, 0.717) is 38.7 Å². The monoisotopic (exact) mass is 505 g/mol. The SMILES string of the molecule is CC1=C(C(=O)Nc2ccccc2)[C@@H](c2cccc(OCc3ccc(Cl)cc3Cl)c2)n2ncnc2N1. The van der Waals surface area contributed by atoms with Gasteiger partial charge in [-0.2, -0.15) is 10.1 Å². The molecule has 0 aliphatic carbocycles. The van der Waals surface area contributed by atoms with Crippen molar-refractivity contribution in [3.8, 4) is 5.75 Å². The molecule has 0 spiro atoms. The maximum atomic E-state index is 13.4. The molecule has 3 aromatic carbocycles. The Kier molecular flexibility index (Phi) is 6.44. The van der Waals surface area contributed by atoms with Gasteiger partial charge in [0.2, 0.25) is 5.95 Å². The number of nitrogens with zero attached hydrogens (tertiary/aromatic N) is 3. The molecule has 0 unspecified atom stereocenters. The van der Waals surface area contributed by atoms with Crippen molar-refractivity contribution in [1.29, 1.82) is 0 Å². The Morgan fingerprint density at radius 2 is 1.91 bits per heavy atom. The molecule has 7 nitrogen and oxygen atoms in total. The smallest absolute Gasteiger partial charge is 0.255 e. The van der Waals surface area contributed by atoms with E-state index in [-0.39, 0.29) is 12.5 Å². The van der Waals surface area contributed by atoms with Crippen LogP contribution in [0, 0.1) is 0 Å². The maximum Gasteiger partial charge on any atom is 0.255 e. The van der Waals surface area contributed by atoms with Crippen LogP contribution >= 0.6 is 23.2 Å². The van der Waals surface area contributed by atoms with Gasteiger partial charge in [0, 0.05) is 27.0 Å². The largest absolute Gasteiger partial charge is 0.489 e. The van der Waals surface area contributed by atoms with Gasteiger partial charge in [0.05, 0.1) is 5.57 Å². The topological polar surface area (TPSA) is 81.1 Å². The summed E-state index contributed by atoms with van der Waals surface area (Å²) in [5, 5.41) is 11.7. The van der Waals surface area contributed by atoms with Gasteiger partial charge in [0.1, 0.15) is 24.7 Å². The highest BCUT2D eigenvalue weighted by Crippen LogP contribution is 2.36. The molecule has 0 saturated heterocycles. The number of benzene rings is 3. The van der Waals surface area contributed by atoms with E-state index in [1.165, 1.54) is 6.33 Å². The molecule has 1 aliphatic rings. The number of fused-ring (bicyclic) bond motifs is 1. The molecule has 2 N–H and O–H groups in total. The Balaban J connectivity index is 1.46. The van der Waals surface area contributed by atoms with Crippen LogP contribution in [0.4, 0.5) is 11.6 Å². The number of ether oxygens (including phenoxy) is 1. The molecule has 5 rings (SSSR count). The second-order valence-corrected chi connectivity index (χ2v) is 8.86. The molecule has 9 heteroatoms. The minimum atomic E-state index is -0.500. The molecule has 0 bridgehead atoms. The fraction of sp³-hybridized carbons (Fsp3) is 0.115. The third-order valence-corrected chi connectivity index (χ3v) is 6.24. The number of hydrogen-bond donors (Lipinski definition) is 2. The summed E-state index contributed by atoms with van der Waals surface area (Å²) in [5.41, 5.74) is 3.59. The second-order valence-electron chi connectivity index (χ2n) is 8.01. The molecular weight excluding hydrogens is 485 g/mol. The van der Waals surface area contributed by atoms with Crippen molar-refractivity contribution in [3.63, 3.8) is 0 Å².